The maximum Gasteiger partial charge on any atom is 0.389 e. The number of ether oxygens (including phenoxy) is 2. The van der Waals surface area contributed by atoms with Crippen LogP contribution in [0.5, 0.6) is 0 Å². The van der Waals surface area contributed by atoms with Gasteiger partial charge in [-0.25, -0.2) is 0 Å². The summed E-state index contributed by atoms with van der Waals surface area (Å²) in [6.07, 6.45) is -2.90. The van der Waals surface area contributed by atoms with Crippen LogP contribution >= 0.6 is 0 Å². The maximum absolute atomic E-state index is 12.1. The molecular weight excluding hydrogens is 271 g/mol. The molecule has 6 heteroatoms. The molecule has 0 aromatic carbocycles. The molecule has 2 aliphatic heterocycles. The van der Waals surface area contributed by atoms with Gasteiger partial charge in [-0.05, 0) is 33.2 Å². The summed E-state index contributed by atoms with van der Waals surface area (Å²) in [5, 5.41) is 0. The smallest absolute Gasteiger partial charge is 0.375 e. The van der Waals surface area contributed by atoms with Gasteiger partial charge in [0.15, 0.2) is 0 Å². The minimum absolute atomic E-state index is 0.0583. The molecule has 0 N–H and O–H groups in total. The highest BCUT2D eigenvalue weighted by molar-refractivity contribution is 4.98. The molecule has 2 rings (SSSR count). The summed E-state index contributed by atoms with van der Waals surface area (Å²) in [6.45, 7) is 7.01. The lowest BCUT2D eigenvalue weighted by Gasteiger charge is -2.45. The van der Waals surface area contributed by atoms with Crippen LogP contribution in [0.4, 0.5) is 13.2 Å². The van der Waals surface area contributed by atoms with E-state index in [0.717, 1.165) is 19.5 Å². The van der Waals surface area contributed by atoms with Crippen molar-refractivity contribution in [3.05, 3.63) is 0 Å². The third kappa shape index (κ3) is 4.09. The first kappa shape index (κ1) is 16.0. The van der Waals surface area contributed by atoms with Crippen LogP contribution in [-0.4, -0.2) is 55.1 Å². The minimum Gasteiger partial charge on any atom is -0.375 e. The molecule has 2 fully saturated rings. The molecule has 3 atom stereocenters. The molecule has 1 spiro atoms. The van der Waals surface area contributed by atoms with Crippen molar-refractivity contribution in [1.82, 2.24) is 4.90 Å². The highest BCUT2D eigenvalue weighted by Gasteiger charge is 2.47. The number of unbranched alkanes of at least 4 members (excludes halogenated alkanes) is 1. The second-order valence-electron chi connectivity index (χ2n) is 6.06. The fourth-order valence-electron chi connectivity index (χ4n) is 3.24. The number of alkyl halides is 3. The molecule has 0 aromatic heterocycles. The molecule has 0 saturated carbocycles. The van der Waals surface area contributed by atoms with Crippen LogP contribution in [0.1, 0.15) is 39.5 Å². The zero-order chi connectivity index (χ0) is 14.8. The van der Waals surface area contributed by atoms with Gasteiger partial charge in [0, 0.05) is 32.5 Å². The quantitative estimate of drug-likeness (QED) is 0.744. The number of morpholine rings is 1. The summed E-state index contributed by atoms with van der Waals surface area (Å²) >= 11 is 0. The normalized spacial score (nSPS) is 35.9. The molecule has 0 amide bonds. The first-order valence-electron chi connectivity index (χ1n) is 7.39. The molecular formula is C14H24F3NO2. The van der Waals surface area contributed by atoms with Gasteiger partial charge in [-0.2, -0.15) is 13.2 Å². The van der Waals surface area contributed by atoms with Gasteiger partial charge in [0.2, 0.25) is 0 Å². The summed E-state index contributed by atoms with van der Waals surface area (Å²) in [7, 11) is 0. The van der Waals surface area contributed by atoms with Gasteiger partial charge in [0.1, 0.15) is 5.60 Å². The number of rotatable bonds is 4. The van der Waals surface area contributed by atoms with E-state index in [4.69, 9.17) is 9.47 Å². The fourth-order valence-corrected chi connectivity index (χ4v) is 3.24. The molecule has 0 unspecified atom stereocenters. The summed E-state index contributed by atoms with van der Waals surface area (Å²) in [4.78, 5) is 2.23. The Morgan fingerprint density at radius 2 is 2.00 bits per heavy atom. The van der Waals surface area contributed by atoms with Gasteiger partial charge in [0.25, 0.3) is 0 Å². The Morgan fingerprint density at radius 1 is 1.25 bits per heavy atom. The van der Waals surface area contributed by atoms with E-state index in [2.05, 4.69) is 4.90 Å². The predicted molar refractivity (Wildman–Crippen MR) is 69.7 cm³/mol. The van der Waals surface area contributed by atoms with E-state index in [1.54, 1.807) is 0 Å². The van der Waals surface area contributed by atoms with Gasteiger partial charge in [0.05, 0.1) is 12.2 Å². The minimum atomic E-state index is -4.03. The van der Waals surface area contributed by atoms with Gasteiger partial charge < -0.3 is 9.47 Å². The molecule has 3 nitrogen and oxygen atoms in total. The third-order valence-corrected chi connectivity index (χ3v) is 4.26. The van der Waals surface area contributed by atoms with Crippen molar-refractivity contribution in [1.29, 1.82) is 0 Å². The van der Waals surface area contributed by atoms with Crippen LogP contribution in [0, 0.1) is 0 Å². The van der Waals surface area contributed by atoms with Gasteiger partial charge in [-0.1, -0.05) is 0 Å². The Bertz CT molecular complexity index is 324. The Balaban J connectivity index is 1.80. The van der Waals surface area contributed by atoms with Crippen molar-refractivity contribution < 1.29 is 22.6 Å². The van der Waals surface area contributed by atoms with Crippen molar-refractivity contribution in [2.24, 2.45) is 0 Å². The van der Waals surface area contributed by atoms with Crippen LogP contribution in [0.3, 0.4) is 0 Å². The number of nitrogens with zero attached hydrogens (tertiary/aromatic N) is 1. The molecule has 20 heavy (non-hydrogen) atoms. The zero-order valence-corrected chi connectivity index (χ0v) is 12.2. The Kier molecular flexibility index (Phi) is 4.97. The van der Waals surface area contributed by atoms with E-state index < -0.39 is 12.6 Å². The van der Waals surface area contributed by atoms with Gasteiger partial charge in [-0.3, -0.25) is 4.90 Å². The van der Waals surface area contributed by atoms with Crippen molar-refractivity contribution >= 4 is 0 Å². The summed E-state index contributed by atoms with van der Waals surface area (Å²) < 4.78 is 48.1. The van der Waals surface area contributed by atoms with E-state index in [9.17, 15) is 13.2 Å². The molecule has 118 valence electrons. The summed E-state index contributed by atoms with van der Waals surface area (Å²) in [5.41, 5.74) is -0.262. The molecule has 0 aliphatic carbocycles. The third-order valence-electron chi connectivity index (χ3n) is 4.26. The van der Waals surface area contributed by atoms with Crippen LogP contribution in [0.25, 0.3) is 0 Å². The van der Waals surface area contributed by atoms with E-state index in [-0.39, 0.29) is 24.2 Å². The van der Waals surface area contributed by atoms with E-state index >= 15 is 0 Å². The lowest BCUT2D eigenvalue weighted by atomic mass is 9.93. The fraction of sp³-hybridized carbons (Fsp3) is 1.00. The van der Waals surface area contributed by atoms with Crippen molar-refractivity contribution in [3.8, 4) is 0 Å². The predicted octanol–water partition coefficient (Wildman–Crippen LogP) is 2.99. The average molecular weight is 295 g/mol. The van der Waals surface area contributed by atoms with Gasteiger partial charge in [-0.15, -0.1) is 0 Å². The maximum atomic E-state index is 12.1. The second kappa shape index (κ2) is 6.20. The topological polar surface area (TPSA) is 21.7 Å². The SMILES string of the molecule is C[C@@H]1CN(CCCCC(F)(F)F)C[C@@]2(CCO[C@H]2C)O1. The van der Waals surface area contributed by atoms with Crippen molar-refractivity contribution in [3.63, 3.8) is 0 Å². The monoisotopic (exact) mass is 295 g/mol. The van der Waals surface area contributed by atoms with E-state index in [0.29, 0.717) is 19.6 Å². The Labute approximate surface area is 118 Å². The van der Waals surface area contributed by atoms with Crippen molar-refractivity contribution in [2.45, 2.75) is 63.5 Å². The highest BCUT2D eigenvalue weighted by atomic mass is 19.4. The molecule has 0 aromatic rings. The lowest BCUT2D eigenvalue weighted by Crippen LogP contribution is -2.58. The molecule has 2 aliphatic rings. The summed E-state index contributed by atoms with van der Waals surface area (Å²) in [6, 6.07) is 0. The average Bonchev–Trinajstić information content (AvgIpc) is 2.64. The molecule has 2 heterocycles. The van der Waals surface area contributed by atoms with E-state index in [1.807, 2.05) is 13.8 Å². The Hall–Kier alpha value is -0.330. The van der Waals surface area contributed by atoms with Crippen LogP contribution < -0.4 is 0 Å². The van der Waals surface area contributed by atoms with Crippen LogP contribution in [0.15, 0.2) is 0 Å². The lowest BCUT2D eigenvalue weighted by molar-refractivity contribution is -0.169. The number of hydrogen-bond acceptors (Lipinski definition) is 3. The largest absolute Gasteiger partial charge is 0.389 e. The standard InChI is InChI=1S/C14H24F3NO2/c1-11-9-18(7-4-3-5-14(15,16)17)10-13(20-11)6-8-19-12(13)2/h11-12H,3-10H2,1-2H3/t11-,12+,13-/m1/s1. The molecule has 2 saturated heterocycles. The number of hydrogen-bond donors (Lipinski definition) is 0. The Morgan fingerprint density at radius 3 is 2.60 bits per heavy atom. The zero-order valence-electron chi connectivity index (χ0n) is 12.2. The first-order valence-corrected chi connectivity index (χ1v) is 7.39. The highest BCUT2D eigenvalue weighted by Crippen LogP contribution is 2.35. The second-order valence-corrected chi connectivity index (χ2v) is 6.06. The van der Waals surface area contributed by atoms with Crippen LogP contribution in [-0.2, 0) is 9.47 Å². The molecule has 0 bridgehead atoms. The van der Waals surface area contributed by atoms with Gasteiger partial charge >= 0.3 is 6.18 Å². The first-order chi connectivity index (χ1) is 9.31. The molecule has 0 radical (unpaired) electrons. The number of halogens is 3. The summed E-state index contributed by atoms with van der Waals surface area (Å²) in [5.74, 6) is 0. The van der Waals surface area contributed by atoms with Crippen molar-refractivity contribution in [2.75, 3.05) is 26.2 Å². The van der Waals surface area contributed by atoms with E-state index in [1.165, 1.54) is 0 Å². The van der Waals surface area contributed by atoms with Crippen LogP contribution in [0.2, 0.25) is 0 Å².